The SMILES string of the molecule is CC1C=CC(N)C2CN(c3ccc4c(=O)c(C(=O)O)cn(-c5ccc(F)cc5F)c4n3)CC12.Cl. The van der Waals surface area contributed by atoms with Crippen LogP contribution in [0.2, 0.25) is 0 Å². The normalized spacial score (nSPS) is 23.6. The molecule has 0 spiro atoms. The van der Waals surface area contributed by atoms with Gasteiger partial charge in [-0.15, -0.1) is 12.4 Å². The summed E-state index contributed by atoms with van der Waals surface area (Å²) in [5.41, 5.74) is 5.04. The maximum Gasteiger partial charge on any atom is 0.341 e. The molecule has 178 valence electrons. The Morgan fingerprint density at radius 2 is 1.88 bits per heavy atom. The number of nitrogens with two attached hydrogens (primary N) is 1. The molecule has 1 aromatic carbocycles. The monoisotopic (exact) mass is 488 g/mol. The van der Waals surface area contributed by atoms with Crippen molar-refractivity contribution in [2.75, 3.05) is 18.0 Å². The number of carbonyl (C=O) groups is 1. The first kappa shape index (κ1) is 23.8. The molecule has 4 unspecified atom stereocenters. The number of anilines is 1. The average molecular weight is 489 g/mol. The first-order valence-corrected chi connectivity index (χ1v) is 10.7. The molecule has 2 aromatic heterocycles. The standard InChI is InChI=1S/C24H22F2N4O3.ClH/c1-12-2-5-19(27)16-10-29(9-15(12)16)21-7-4-14-22(31)17(24(32)33)11-30(23(14)28-21)20-6-3-13(25)8-18(20)26;/h2-8,11-12,15-16,19H,9-10,27H2,1H3,(H,32,33);1H. The number of carboxylic acids is 1. The maximum absolute atomic E-state index is 14.6. The largest absolute Gasteiger partial charge is 0.477 e. The zero-order valence-corrected chi connectivity index (χ0v) is 19.0. The first-order valence-electron chi connectivity index (χ1n) is 10.7. The fraction of sp³-hybridized carbons (Fsp3) is 0.292. The van der Waals surface area contributed by atoms with Crippen LogP contribution >= 0.6 is 12.4 Å². The number of nitrogens with zero attached hydrogens (tertiary/aromatic N) is 3. The Kier molecular flexibility index (Phi) is 6.18. The van der Waals surface area contributed by atoms with Crippen LogP contribution in [-0.4, -0.2) is 39.8 Å². The molecule has 0 saturated carbocycles. The van der Waals surface area contributed by atoms with Crippen molar-refractivity contribution < 1.29 is 18.7 Å². The highest BCUT2D eigenvalue weighted by Gasteiger charge is 2.40. The molecular weight excluding hydrogens is 466 g/mol. The summed E-state index contributed by atoms with van der Waals surface area (Å²) in [6, 6.07) is 6.07. The van der Waals surface area contributed by atoms with Crippen LogP contribution in [0.3, 0.4) is 0 Å². The van der Waals surface area contributed by atoms with Crippen molar-refractivity contribution in [1.82, 2.24) is 9.55 Å². The number of halogens is 3. The summed E-state index contributed by atoms with van der Waals surface area (Å²) in [4.78, 5) is 31.2. The van der Waals surface area contributed by atoms with Crippen LogP contribution in [-0.2, 0) is 0 Å². The van der Waals surface area contributed by atoms with E-state index in [1.807, 2.05) is 6.08 Å². The number of hydrogen-bond acceptors (Lipinski definition) is 5. The summed E-state index contributed by atoms with van der Waals surface area (Å²) in [5, 5.41) is 9.52. The van der Waals surface area contributed by atoms with E-state index in [2.05, 4.69) is 22.9 Å². The molecule has 2 aliphatic rings. The average Bonchev–Trinajstić information content (AvgIpc) is 3.24. The van der Waals surface area contributed by atoms with Crippen molar-refractivity contribution in [2.24, 2.45) is 23.5 Å². The Hall–Kier alpha value is -3.30. The lowest BCUT2D eigenvalue weighted by Gasteiger charge is -2.30. The van der Waals surface area contributed by atoms with Gasteiger partial charge in [-0.05, 0) is 36.1 Å². The van der Waals surface area contributed by atoms with Crippen molar-refractivity contribution in [3.8, 4) is 5.69 Å². The number of benzene rings is 1. The summed E-state index contributed by atoms with van der Waals surface area (Å²) in [7, 11) is 0. The van der Waals surface area contributed by atoms with Gasteiger partial charge in [0.15, 0.2) is 5.65 Å². The van der Waals surface area contributed by atoms with Crippen molar-refractivity contribution in [3.05, 3.63) is 76.1 Å². The van der Waals surface area contributed by atoms with Gasteiger partial charge in [-0.25, -0.2) is 18.6 Å². The van der Waals surface area contributed by atoms with Gasteiger partial charge in [0.25, 0.3) is 0 Å². The number of aromatic nitrogens is 2. The molecule has 3 aromatic rings. The zero-order chi connectivity index (χ0) is 23.4. The molecule has 5 rings (SSSR count). The number of aromatic carboxylic acids is 1. The summed E-state index contributed by atoms with van der Waals surface area (Å²) in [5.74, 6) is -1.56. The summed E-state index contributed by atoms with van der Waals surface area (Å²) in [6.07, 6.45) is 5.20. The summed E-state index contributed by atoms with van der Waals surface area (Å²) >= 11 is 0. The first-order chi connectivity index (χ1) is 15.7. The van der Waals surface area contributed by atoms with Gasteiger partial charge in [-0.1, -0.05) is 19.1 Å². The second-order valence-corrected chi connectivity index (χ2v) is 8.74. The van der Waals surface area contributed by atoms with E-state index in [4.69, 9.17) is 5.73 Å². The molecule has 7 nitrogen and oxygen atoms in total. The Balaban J connectivity index is 0.00000274. The minimum absolute atomic E-state index is 0. The van der Waals surface area contributed by atoms with Gasteiger partial charge >= 0.3 is 5.97 Å². The van der Waals surface area contributed by atoms with E-state index >= 15 is 0 Å². The van der Waals surface area contributed by atoms with Crippen LogP contribution in [0.25, 0.3) is 16.7 Å². The number of rotatable bonds is 3. The molecule has 3 heterocycles. The van der Waals surface area contributed by atoms with Crippen molar-refractivity contribution >= 4 is 35.2 Å². The number of carboxylic acid groups (broad SMARTS) is 1. The number of hydrogen-bond donors (Lipinski definition) is 2. The van der Waals surface area contributed by atoms with Crippen LogP contribution in [0.5, 0.6) is 0 Å². The highest BCUT2D eigenvalue weighted by atomic mass is 35.5. The van der Waals surface area contributed by atoms with Gasteiger partial charge in [0, 0.05) is 37.3 Å². The minimum Gasteiger partial charge on any atom is -0.477 e. The quantitative estimate of drug-likeness (QED) is 0.548. The van der Waals surface area contributed by atoms with E-state index in [1.54, 1.807) is 6.07 Å². The highest BCUT2D eigenvalue weighted by Crippen LogP contribution is 2.38. The molecule has 3 N–H and O–H groups in total. The molecule has 0 bridgehead atoms. The van der Waals surface area contributed by atoms with Gasteiger partial charge in [-0.2, -0.15) is 0 Å². The summed E-state index contributed by atoms with van der Waals surface area (Å²) in [6.45, 7) is 3.56. The number of allylic oxidation sites excluding steroid dienone is 1. The van der Waals surface area contributed by atoms with E-state index in [9.17, 15) is 23.5 Å². The lowest BCUT2D eigenvalue weighted by atomic mass is 9.77. The topological polar surface area (TPSA) is 101 Å². The highest BCUT2D eigenvalue weighted by molar-refractivity contribution is 5.92. The molecule has 34 heavy (non-hydrogen) atoms. The van der Waals surface area contributed by atoms with Gasteiger partial charge < -0.3 is 15.7 Å². The van der Waals surface area contributed by atoms with Crippen LogP contribution in [0.4, 0.5) is 14.6 Å². The molecule has 10 heteroatoms. The van der Waals surface area contributed by atoms with Gasteiger partial charge in [0.05, 0.1) is 11.1 Å². The van der Waals surface area contributed by atoms with E-state index in [-0.39, 0.29) is 41.1 Å². The minimum atomic E-state index is -1.44. The van der Waals surface area contributed by atoms with Crippen molar-refractivity contribution in [2.45, 2.75) is 13.0 Å². The number of pyridine rings is 2. The zero-order valence-electron chi connectivity index (χ0n) is 18.2. The van der Waals surface area contributed by atoms with E-state index in [0.29, 0.717) is 30.3 Å². The maximum atomic E-state index is 14.6. The van der Waals surface area contributed by atoms with E-state index in [0.717, 1.165) is 18.8 Å². The van der Waals surface area contributed by atoms with Crippen molar-refractivity contribution in [3.63, 3.8) is 0 Å². The van der Waals surface area contributed by atoms with Crippen LogP contribution in [0, 0.1) is 29.4 Å². The van der Waals surface area contributed by atoms with Crippen LogP contribution in [0.1, 0.15) is 17.3 Å². The molecule has 1 aliphatic heterocycles. The Morgan fingerprint density at radius 3 is 2.56 bits per heavy atom. The third-order valence-corrected chi connectivity index (χ3v) is 6.78. The molecule has 1 saturated heterocycles. The molecular formula is C24H23ClF2N4O3. The van der Waals surface area contributed by atoms with E-state index < -0.39 is 28.6 Å². The van der Waals surface area contributed by atoms with Crippen molar-refractivity contribution in [1.29, 1.82) is 0 Å². The fourth-order valence-corrected chi connectivity index (χ4v) is 4.98. The lowest BCUT2D eigenvalue weighted by molar-refractivity contribution is 0.0695. The van der Waals surface area contributed by atoms with Gasteiger partial charge in [0.2, 0.25) is 5.43 Å². The Morgan fingerprint density at radius 1 is 1.15 bits per heavy atom. The second kappa shape index (κ2) is 8.81. The number of fused-ring (bicyclic) bond motifs is 2. The fourth-order valence-electron chi connectivity index (χ4n) is 4.98. The summed E-state index contributed by atoms with van der Waals surface area (Å²) < 4.78 is 29.3. The molecule has 4 atom stereocenters. The third-order valence-electron chi connectivity index (χ3n) is 6.78. The Bertz CT molecular complexity index is 1360. The predicted molar refractivity (Wildman–Crippen MR) is 127 cm³/mol. The van der Waals surface area contributed by atoms with Gasteiger partial charge in [0.1, 0.15) is 23.0 Å². The smallest absolute Gasteiger partial charge is 0.341 e. The Labute approximate surface area is 199 Å². The van der Waals surface area contributed by atoms with Crippen LogP contribution < -0.4 is 16.1 Å². The van der Waals surface area contributed by atoms with Crippen LogP contribution in [0.15, 0.2) is 53.5 Å². The second-order valence-electron chi connectivity index (χ2n) is 8.74. The predicted octanol–water partition coefficient (Wildman–Crippen LogP) is 3.37. The lowest BCUT2D eigenvalue weighted by Crippen LogP contribution is -2.38. The van der Waals surface area contributed by atoms with E-state index in [1.165, 1.54) is 16.7 Å². The molecule has 0 amide bonds. The molecule has 1 fully saturated rings. The molecule has 1 aliphatic carbocycles. The van der Waals surface area contributed by atoms with Gasteiger partial charge in [-0.3, -0.25) is 9.36 Å². The molecule has 0 radical (unpaired) electrons. The third kappa shape index (κ3) is 3.84.